The highest BCUT2D eigenvalue weighted by atomic mass is 32.1. The predicted molar refractivity (Wildman–Crippen MR) is 101 cm³/mol. The van der Waals surface area contributed by atoms with Crippen LogP contribution in [0.3, 0.4) is 0 Å². The Labute approximate surface area is 154 Å². The third-order valence-electron chi connectivity index (χ3n) is 3.64. The Morgan fingerprint density at radius 2 is 2.00 bits per heavy atom. The number of aromatic nitrogens is 1. The standard InChI is InChI=1S/C19H18FN3O2S/c1-3-21-19-23(16(12-26-19)14-5-7-15(20)8-6-14)22-11-13-4-9-17(24)18(10-13)25-2/h4-12,24H,3H2,1-2H3/b21-19?,22-11+. The van der Waals surface area contributed by atoms with Crippen molar-refractivity contribution < 1.29 is 14.2 Å². The summed E-state index contributed by atoms with van der Waals surface area (Å²) in [5, 5.41) is 16.2. The fraction of sp³-hybridized carbons (Fsp3) is 0.158. The number of rotatable bonds is 5. The van der Waals surface area contributed by atoms with Crippen LogP contribution in [-0.2, 0) is 0 Å². The number of benzene rings is 2. The summed E-state index contributed by atoms with van der Waals surface area (Å²) in [6.07, 6.45) is 1.66. The maximum atomic E-state index is 13.2. The molecule has 3 rings (SSSR count). The highest BCUT2D eigenvalue weighted by Gasteiger charge is 2.08. The smallest absolute Gasteiger partial charge is 0.206 e. The van der Waals surface area contributed by atoms with Crippen LogP contribution >= 0.6 is 11.3 Å². The molecule has 0 aliphatic carbocycles. The molecule has 0 aliphatic rings. The van der Waals surface area contributed by atoms with E-state index in [2.05, 4.69) is 10.1 Å². The van der Waals surface area contributed by atoms with Gasteiger partial charge in [0.15, 0.2) is 11.5 Å². The van der Waals surface area contributed by atoms with Crippen LogP contribution in [0.25, 0.3) is 11.3 Å². The number of hydrogen-bond donors (Lipinski definition) is 1. The normalized spacial score (nSPS) is 12.0. The van der Waals surface area contributed by atoms with Crippen molar-refractivity contribution in [3.8, 4) is 22.8 Å². The Morgan fingerprint density at radius 3 is 2.69 bits per heavy atom. The van der Waals surface area contributed by atoms with Gasteiger partial charge in [-0.3, -0.25) is 4.99 Å². The number of ether oxygens (including phenoxy) is 1. The Kier molecular flexibility index (Phi) is 5.48. The molecule has 1 aromatic heterocycles. The van der Waals surface area contributed by atoms with E-state index in [1.807, 2.05) is 12.3 Å². The van der Waals surface area contributed by atoms with Gasteiger partial charge < -0.3 is 9.84 Å². The van der Waals surface area contributed by atoms with E-state index in [0.29, 0.717) is 12.3 Å². The molecule has 0 spiro atoms. The second-order valence-electron chi connectivity index (χ2n) is 5.37. The van der Waals surface area contributed by atoms with Crippen molar-refractivity contribution in [1.82, 2.24) is 4.68 Å². The first-order valence-corrected chi connectivity index (χ1v) is 8.88. The molecule has 7 heteroatoms. The second kappa shape index (κ2) is 7.97. The van der Waals surface area contributed by atoms with Gasteiger partial charge in [-0.1, -0.05) is 0 Å². The largest absolute Gasteiger partial charge is 0.504 e. The summed E-state index contributed by atoms with van der Waals surface area (Å²) < 4.78 is 20.1. The summed E-state index contributed by atoms with van der Waals surface area (Å²) >= 11 is 1.47. The monoisotopic (exact) mass is 371 g/mol. The summed E-state index contributed by atoms with van der Waals surface area (Å²) in [6.45, 7) is 2.59. The fourth-order valence-corrected chi connectivity index (χ4v) is 3.27. The first-order chi connectivity index (χ1) is 12.6. The SMILES string of the molecule is CCN=c1scc(-c2ccc(F)cc2)n1/N=C/c1ccc(O)c(OC)c1. The lowest BCUT2D eigenvalue weighted by molar-refractivity contribution is 0.373. The molecule has 0 fully saturated rings. The zero-order valence-electron chi connectivity index (χ0n) is 14.4. The third kappa shape index (κ3) is 3.83. The minimum absolute atomic E-state index is 0.0708. The Bertz CT molecular complexity index is 991. The van der Waals surface area contributed by atoms with Gasteiger partial charge in [-0.2, -0.15) is 5.10 Å². The second-order valence-corrected chi connectivity index (χ2v) is 6.21. The van der Waals surface area contributed by atoms with Gasteiger partial charge in [0.2, 0.25) is 4.80 Å². The van der Waals surface area contributed by atoms with Crippen LogP contribution in [0.15, 0.2) is 57.9 Å². The minimum atomic E-state index is -0.284. The molecule has 0 aliphatic heterocycles. The van der Waals surface area contributed by atoms with Crippen molar-refractivity contribution in [2.75, 3.05) is 13.7 Å². The molecule has 0 saturated heterocycles. The molecule has 0 atom stereocenters. The van der Waals surface area contributed by atoms with Crippen molar-refractivity contribution in [2.45, 2.75) is 6.92 Å². The van der Waals surface area contributed by atoms with E-state index < -0.39 is 0 Å². The van der Waals surface area contributed by atoms with Crippen LogP contribution in [0.2, 0.25) is 0 Å². The molecule has 0 saturated carbocycles. The Morgan fingerprint density at radius 1 is 1.23 bits per heavy atom. The zero-order valence-corrected chi connectivity index (χ0v) is 15.2. The van der Waals surface area contributed by atoms with Crippen LogP contribution in [0.4, 0.5) is 4.39 Å². The quantitative estimate of drug-likeness (QED) is 0.692. The van der Waals surface area contributed by atoms with Crippen molar-refractivity contribution >= 4 is 17.6 Å². The van der Waals surface area contributed by atoms with Crippen molar-refractivity contribution in [2.24, 2.45) is 10.1 Å². The van der Waals surface area contributed by atoms with E-state index in [4.69, 9.17) is 4.74 Å². The summed E-state index contributed by atoms with van der Waals surface area (Å²) in [5.74, 6) is 0.164. The Balaban J connectivity index is 2.04. The number of halogens is 1. The first-order valence-electron chi connectivity index (χ1n) is 8.00. The van der Waals surface area contributed by atoms with Gasteiger partial charge in [0.25, 0.3) is 0 Å². The minimum Gasteiger partial charge on any atom is -0.504 e. The summed E-state index contributed by atoms with van der Waals surface area (Å²) in [7, 11) is 1.49. The van der Waals surface area contributed by atoms with Gasteiger partial charge in [0, 0.05) is 17.5 Å². The third-order valence-corrected chi connectivity index (χ3v) is 4.50. The summed E-state index contributed by atoms with van der Waals surface area (Å²) in [6, 6.07) is 11.2. The number of phenolic OH excluding ortho intramolecular Hbond substituents is 1. The highest BCUT2D eigenvalue weighted by Crippen LogP contribution is 2.26. The summed E-state index contributed by atoms with van der Waals surface area (Å²) in [4.78, 5) is 5.20. The number of hydrogen-bond acceptors (Lipinski definition) is 5. The predicted octanol–water partition coefficient (Wildman–Crippen LogP) is 3.87. The van der Waals surface area contributed by atoms with Gasteiger partial charge in [-0.05, 0) is 55.0 Å². The summed E-state index contributed by atoms with van der Waals surface area (Å²) in [5.41, 5.74) is 2.44. The van der Waals surface area contributed by atoms with Crippen molar-refractivity contribution in [3.05, 3.63) is 64.0 Å². The van der Waals surface area contributed by atoms with E-state index >= 15 is 0 Å². The molecule has 0 unspecified atom stereocenters. The van der Waals surface area contributed by atoms with E-state index in [9.17, 15) is 9.50 Å². The lowest BCUT2D eigenvalue weighted by Crippen LogP contribution is -2.12. The number of methoxy groups -OCH3 is 1. The molecule has 0 radical (unpaired) electrons. The van der Waals surface area contributed by atoms with Gasteiger partial charge in [-0.25, -0.2) is 9.07 Å². The van der Waals surface area contributed by atoms with E-state index in [-0.39, 0.29) is 11.6 Å². The van der Waals surface area contributed by atoms with Gasteiger partial charge >= 0.3 is 0 Å². The van der Waals surface area contributed by atoms with Crippen molar-refractivity contribution in [3.63, 3.8) is 0 Å². The highest BCUT2D eigenvalue weighted by molar-refractivity contribution is 7.07. The van der Waals surface area contributed by atoms with Crippen LogP contribution in [0, 0.1) is 5.82 Å². The molecule has 2 aromatic carbocycles. The molecule has 0 bridgehead atoms. The molecule has 1 heterocycles. The van der Waals surface area contributed by atoms with Crippen molar-refractivity contribution in [1.29, 1.82) is 0 Å². The molecule has 0 amide bonds. The molecule has 134 valence electrons. The molecule has 3 aromatic rings. The molecular weight excluding hydrogens is 353 g/mol. The van der Waals surface area contributed by atoms with Gasteiger partial charge in [0.1, 0.15) is 5.82 Å². The first kappa shape index (κ1) is 17.9. The fourth-order valence-electron chi connectivity index (χ4n) is 2.37. The van der Waals surface area contributed by atoms with E-state index in [1.54, 1.807) is 41.2 Å². The van der Waals surface area contributed by atoms with Crippen LogP contribution < -0.4 is 9.54 Å². The van der Waals surface area contributed by atoms with Gasteiger partial charge in [0.05, 0.1) is 19.0 Å². The molecular formula is C19H18FN3O2S. The van der Waals surface area contributed by atoms with Gasteiger partial charge in [-0.15, -0.1) is 11.3 Å². The lowest BCUT2D eigenvalue weighted by Gasteiger charge is -2.05. The molecule has 1 N–H and O–H groups in total. The maximum absolute atomic E-state index is 13.2. The Hall–Kier alpha value is -2.93. The van der Waals surface area contributed by atoms with E-state index in [1.165, 1.54) is 30.6 Å². The average molecular weight is 371 g/mol. The van der Waals surface area contributed by atoms with Crippen LogP contribution in [-0.4, -0.2) is 29.7 Å². The van der Waals surface area contributed by atoms with E-state index in [0.717, 1.165) is 21.6 Å². The average Bonchev–Trinajstić information content (AvgIpc) is 3.04. The number of phenols is 1. The number of aromatic hydroxyl groups is 1. The topological polar surface area (TPSA) is 59.1 Å². The number of nitrogens with zero attached hydrogens (tertiary/aromatic N) is 3. The van der Waals surface area contributed by atoms with Crippen LogP contribution in [0.5, 0.6) is 11.5 Å². The lowest BCUT2D eigenvalue weighted by atomic mass is 10.2. The van der Waals surface area contributed by atoms with Crippen LogP contribution in [0.1, 0.15) is 12.5 Å². The molecule has 26 heavy (non-hydrogen) atoms. The molecule has 5 nitrogen and oxygen atoms in total. The number of thiazole rings is 1. The zero-order chi connectivity index (χ0) is 18.5. The maximum Gasteiger partial charge on any atom is 0.206 e.